The third kappa shape index (κ3) is 3.70. The van der Waals surface area contributed by atoms with Crippen molar-refractivity contribution in [2.45, 2.75) is 13.1 Å². The molecular formula is C16H12F3NO4. The highest BCUT2D eigenvalue weighted by atomic mass is 19.4. The van der Waals surface area contributed by atoms with Gasteiger partial charge in [-0.1, -0.05) is 18.2 Å². The third-order valence-electron chi connectivity index (χ3n) is 3.21. The van der Waals surface area contributed by atoms with Gasteiger partial charge in [-0.05, 0) is 36.2 Å². The number of ether oxygens (including phenoxy) is 1. The molecule has 0 unspecified atom stereocenters. The second-order valence-corrected chi connectivity index (χ2v) is 4.79. The van der Waals surface area contributed by atoms with E-state index in [1.54, 1.807) is 6.92 Å². The van der Waals surface area contributed by atoms with Crippen LogP contribution in [-0.2, 0) is 10.9 Å². The number of alkyl halides is 3. The molecule has 126 valence electrons. The minimum Gasteiger partial charge on any atom is -0.462 e. The predicted octanol–water partition coefficient (Wildman–Crippen LogP) is 4.46. The standard InChI is InChI=1S/C16H12F3NO4/c1-2-24-15(21)13-7-6-11(9-14(13)20(22)23)10-4-3-5-12(8-10)16(17,18)19/h3-9H,2H2,1H3. The summed E-state index contributed by atoms with van der Waals surface area (Å²) < 4.78 is 43.1. The SMILES string of the molecule is CCOC(=O)c1ccc(-c2cccc(C(F)(F)F)c2)cc1[N+](=O)[O-]. The fraction of sp³-hybridized carbons (Fsp3) is 0.188. The summed E-state index contributed by atoms with van der Waals surface area (Å²) in [5, 5.41) is 11.2. The van der Waals surface area contributed by atoms with E-state index in [0.717, 1.165) is 18.2 Å². The van der Waals surface area contributed by atoms with Gasteiger partial charge >= 0.3 is 12.1 Å². The average molecular weight is 339 g/mol. The lowest BCUT2D eigenvalue weighted by atomic mass is 10.0. The number of carbonyl (C=O) groups is 1. The molecule has 2 aromatic carbocycles. The van der Waals surface area contributed by atoms with Gasteiger partial charge < -0.3 is 4.74 Å². The average Bonchev–Trinajstić information content (AvgIpc) is 2.53. The molecule has 0 saturated carbocycles. The van der Waals surface area contributed by atoms with Crippen molar-refractivity contribution in [1.29, 1.82) is 0 Å². The molecule has 0 aliphatic carbocycles. The van der Waals surface area contributed by atoms with Crippen LogP contribution in [0.1, 0.15) is 22.8 Å². The van der Waals surface area contributed by atoms with Gasteiger partial charge in [-0.15, -0.1) is 0 Å². The number of rotatable bonds is 4. The summed E-state index contributed by atoms with van der Waals surface area (Å²) >= 11 is 0. The van der Waals surface area contributed by atoms with E-state index in [9.17, 15) is 28.1 Å². The summed E-state index contributed by atoms with van der Waals surface area (Å²) in [5.74, 6) is -0.861. The number of nitrogens with zero attached hydrogens (tertiary/aromatic N) is 1. The summed E-state index contributed by atoms with van der Waals surface area (Å²) in [7, 11) is 0. The van der Waals surface area contributed by atoms with Gasteiger partial charge in [0, 0.05) is 6.07 Å². The molecule has 0 radical (unpaired) electrons. The van der Waals surface area contributed by atoms with E-state index in [0.29, 0.717) is 0 Å². The number of hydrogen-bond acceptors (Lipinski definition) is 4. The van der Waals surface area contributed by atoms with Crippen molar-refractivity contribution < 1.29 is 27.6 Å². The van der Waals surface area contributed by atoms with Crippen molar-refractivity contribution in [2.24, 2.45) is 0 Å². The second kappa shape index (κ2) is 6.69. The Kier molecular flexibility index (Phi) is 4.87. The lowest BCUT2D eigenvalue weighted by Crippen LogP contribution is -2.08. The number of halogens is 3. The zero-order valence-corrected chi connectivity index (χ0v) is 12.5. The maximum Gasteiger partial charge on any atom is 0.416 e. The molecule has 0 saturated heterocycles. The van der Waals surface area contributed by atoms with Crippen LogP contribution in [0.3, 0.4) is 0 Å². The van der Waals surface area contributed by atoms with Gasteiger partial charge in [0.2, 0.25) is 0 Å². The van der Waals surface area contributed by atoms with Gasteiger partial charge in [0.15, 0.2) is 0 Å². The van der Waals surface area contributed by atoms with Crippen LogP contribution in [0.15, 0.2) is 42.5 Å². The van der Waals surface area contributed by atoms with Crippen molar-refractivity contribution >= 4 is 11.7 Å². The first-order chi connectivity index (χ1) is 11.2. The van der Waals surface area contributed by atoms with E-state index in [2.05, 4.69) is 0 Å². The molecule has 0 atom stereocenters. The van der Waals surface area contributed by atoms with Crippen molar-refractivity contribution in [3.05, 3.63) is 63.7 Å². The molecule has 0 bridgehead atoms. The first-order valence-electron chi connectivity index (χ1n) is 6.87. The maximum absolute atomic E-state index is 12.8. The van der Waals surface area contributed by atoms with E-state index in [-0.39, 0.29) is 23.3 Å². The lowest BCUT2D eigenvalue weighted by Gasteiger charge is -2.10. The molecule has 0 amide bonds. The zero-order valence-electron chi connectivity index (χ0n) is 12.5. The molecule has 0 fully saturated rings. The predicted molar refractivity (Wildman–Crippen MR) is 79.5 cm³/mol. The minimum absolute atomic E-state index is 0.0470. The molecule has 24 heavy (non-hydrogen) atoms. The lowest BCUT2D eigenvalue weighted by molar-refractivity contribution is -0.385. The molecule has 5 nitrogen and oxygen atoms in total. The molecule has 0 aliphatic rings. The number of nitro groups is 1. The van der Waals surface area contributed by atoms with Crippen LogP contribution in [-0.4, -0.2) is 17.5 Å². The molecule has 2 aromatic rings. The number of nitro benzene ring substituents is 1. The van der Waals surface area contributed by atoms with Crippen LogP contribution in [0.25, 0.3) is 11.1 Å². The highest BCUT2D eigenvalue weighted by Crippen LogP contribution is 2.33. The van der Waals surface area contributed by atoms with E-state index in [1.807, 2.05) is 0 Å². The summed E-state index contributed by atoms with van der Waals surface area (Å²) in [5.41, 5.74) is -1.29. The van der Waals surface area contributed by atoms with E-state index in [4.69, 9.17) is 4.74 Å². The van der Waals surface area contributed by atoms with Crippen LogP contribution in [0.4, 0.5) is 18.9 Å². The van der Waals surface area contributed by atoms with E-state index in [1.165, 1.54) is 24.3 Å². The Bertz CT molecular complexity index is 787. The summed E-state index contributed by atoms with van der Waals surface area (Å²) in [6, 6.07) is 7.98. The fourth-order valence-corrected chi connectivity index (χ4v) is 2.12. The fourth-order valence-electron chi connectivity index (χ4n) is 2.12. The topological polar surface area (TPSA) is 69.4 Å². The number of carbonyl (C=O) groups excluding carboxylic acids is 1. The largest absolute Gasteiger partial charge is 0.462 e. The highest BCUT2D eigenvalue weighted by Gasteiger charge is 2.30. The van der Waals surface area contributed by atoms with Gasteiger partial charge in [-0.2, -0.15) is 13.2 Å². The summed E-state index contributed by atoms with van der Waals surface area (Å²) in [4.78, 5) is 22.1. The third-order valence-corrected chi connectivity index (χ3v) is 3.21. The van der Waals surface area contributed by atoms with Crippen LogP contribution < -0.4 is 0 Å². The van der Waals surface area contributed by atoms with Gasteiger partial charge in [-0.3, -0.25) is 10.1 Å². The first kappa shape index (κ1) is 17.5. The Labute approximate surface area is 134 Å². The van der Waals surface area contributed by atoms with Crippen LogP contribution >= 0.6 is 0 Å². The Hall–Kier alpha value is -2.90. The van der Waals surface area contributed by atoms with Crippen molar-refractivity contribution in [2.75, 3.05) is 6.61 Å². The molecule has 8 heteroatoms. The van der Waals surface area contributed by atoms with E-state index >= 15 is 0 Å². The zero-order chi connectivity index (χ0) is 17.9. The van der Waals surface area contributed by atoms with Crippen molar-refractivity contribution in [3.63, 3.8) is 0 Å². The second-order valence-electron chi connectivity index (χ2n) is 4.79. The monoisotopic (exact) mass is 339 g/mol. The van der Waals surface area contributed by atoms with Crippen LogP contribution in [0.5, 0.6) is 0 Å². The molecule has 0 aromatic heterocycles. The molecule has 0 spiro atoms. The highest BCUT2D eigenvalue weighted by molar-refractivity contribution is 5.95. The number of hydrogen-bond donors (Lipinski definition) is 0. The Morgan fingerprint density at radius 3 is 2.42 bits per heavy atom. The normalized spacial score (nSPS) is 11.2. The maximum atomic E-state index is 12.8. The Morgan fingerprint density at radius 1 is 1.17 bits per heavy atom. The van der Waals surface area contributed by atoms with Crippen molar-refractivity contribution in [3.8, 4) is 11.1 Å². The van der Waals surface area contributed by atoms with Crippen LogP contribution in [0.2, 0.25) is 0 Å². The quantitative estimate of drug-likeness (QED) is 0.468. The summed E-state index contributed by atoms with van der Waals surface area (Å²) in [6.07, 6.45) is -4.52. The molecule has 2 rings (SSSR count). The van der Waals surface area contributed by atoms with E-state index < -0.39 is 28.3 Å². The summed E-state index contributed by atoms with van der Waals surface area (Å²) in [6.45, 7) is 1.60. The number of esters is 1. The van der Waals surface area contributed by atoms with Gasteiger partial charge in [-0.25, -0.2) is 4.79 Å². The smallest absolute Gasteiger partial charge is 0.416 e. The Balaban J connectivity index is 2.51. The molecular weight excluding hydrogens is 327 g/mol. The van der Waals surface area contributed by atoms with Gasteiger partial charge in [0.25, 0.3) is 5.69 Å². The number of benzene rings is 2. The van der Waals surface area contributed by atoms with Gasteiger partial charge in [0.05, 0.1) is 17.1 Å². The molecule has 0 aliphatic heterocycles. The Morgan fingerprint density at radius 2 is 1.83 bits per heavy atom. The first-order valence-corrected chi connectivity index (χ1v) is 6.87. The minimum atomic E-state index is -4.52. The van der Waals surface area contributed by atoms with Crippen molar-refractivity contribution in [1.82, 2.24) is 0 Å². The molecule has 0 heterocycles. The molecule has 0 N–H and O–H groups in total. The van der Waals surface area contributed by atoms with Crippen LogP contribution in [0, 0.1) is 10.1 Å². The van der Waals surface area contributed by atoms with Gasteiger partial charge in [0.1, 0.15) is 5.56 Å².